The molecule has 1 amide bonds. The van der Waals surface area contributed by atoms with E-state index >= 15 is 0 Å². The second-order valence-electron chi connectivity index (χ2n) is 9.16. The standard InChI is InChI=1S/C28H36N4O4/c1-4-31(5-2)27(33)19-30-13-11-21(12-14-30)22-7-6-8-24(17-22)32-20-29-25-18-23(9-10-26(25)32)28(34)36-16-15-35-3/h6-10,17-18,20-21H,4-5,11-16,19H2,1-3H3. The van der Waals surface area contributed by atoms with Gasteiger partial charge in [0, 0.05) is 25.9 Å². The maximum atomic E-state index is 12.5. The van der Waals surface area contributed by atoms with E-state index in [0.29, 0.717) is 24.6 Å². The van der Waals surface area contributed by atoms with Gasteiger partial charge < -0.3 is 14.4 Å². The molecule has 3 aromatic rings. The topological polar surface area (TPSA) is 76.9 Å². The summed E-state index contributed by atoms with van der Waals surface area (Å²) in [5, 5.41) is 0. The number of hydrogen-bond donors (Lipinski definition) is 0. The van der Waals surface area contributed by atoms with Gasteiger partial charge >= 0.3 is 5.97 Å². The van der Waals surface area contributed by atoms with E-state index in [1.54, 1.807) is 25.6 Å². The molecule has 0 bridgehead atoms. The van der Waals surface area contributed by atoms with E-state index in [1.807, 2.05) is 24.8 Å². The summed E-state index contributed by atoms with van der Waals surface area (Å²) in [4.78, 5) is 33.5. The fourth-order valence-corrected chi connectivity index (χ4v) is 4.87. The van der Waals surface area contributed by atoms with Gasteiger partial charge in [0.1, 0.15) is 12.9 Å². The number of benzene rings is 2. The average molecular weight is 493 g/mol. The van der Waals surface area contributed by atoms with E-state index in [9.17, 15) is 9.59 Å². The third-order valence-corrected chi connectivity index (χ3v) is 6.99. The highest BCUT2D eigenvalue weighted by Gasteiger charge is 2.23. The third-order valence-electron chi connectivity index (χ3n) is 6.99. The van der Waals surface area contributed by atoms with Crippen molar-refractivity contribution in [3.63, 3.8) is 0 Å². The Bertz CT molecular complexity index is 1180. The quantitative estimate of drug-likeness (QED) is 0.316. The van der Waals surface area contributed by atoms with E-state index < -0.39 is 0 Å². The van der Waals surface area contributed by atoms with E-state index in [4.69, 9.17) is 9.47 Å². The molecule has 0 atom stereocenters. The number of amides is 1. The molecule has 192 valence electrons. The molecule has 0 saturated carbocycles. The third kappa shape index (κ3) is 5.94. The van der Waals surface area contributed by atoms with Crippen LogP contribution in [0, 0.1) is 0 Å². The van der Waals surface area contributed by atoms with Gasteiger partial charge in [-0.3, -0.25) is 14.3 Å². The maximum Gasteiger partial charge on any atom is 0.338 e. The fourth-order valence-electron chi connectivity index (χ4n) is 4.87. The van der Waals surface area contributed by atoms with Crippen LogP contribution in [0.15, 0.2) is 48.8 Å². The van der Waals surface area contributed by atoms with Crippen LogP contribution in [0.3, 0.4) is 0 Å². The second kappa shape index (κ2) is 12.1. The van der Waals surface area contributed by atoms with Crippen LogP contribution in [0.1, 0.15) is 48.5 Å². The lowest BCUT2D eigenvalue weighted by Gasteiger charge is -2.33. The lowest BCUT2D eigenvalue weighted by atomic mass is 9.89. The van der Waals surface area contributed by atoms with Crippen LogP contribution in [0.4, 0.5) is 0 Å². The van der Waals surface area contributed by atoms with E-state index in [0.717, 1.165) is 55.7 Å². The summed E-state index contributed by atoms with van der Waals surface area (Å²) < 4.78 is 12.2. The Morgan fingerprint density at radius 3 is 2.56 bits per heavy atom. The zero-order valence-electron chi connectivity index (χ0n) is 21.5. The molecule has 1 fully saturated rings. The fraction of sp³-hybridized carbons (Fsp3) is 0.464. The van der Waals surface area contributed by atoms with Gasteiger partial charge in [-0.1, -0.05) is 12.1 Å². The number of likely N-dealkylation sites (tertiary alicyclic amines) is 1. The number of piperidine rings is 1. The molecular formula is C28H36N4O4. The first-order valence-corrected chi connectivity index (χ1v) is 12.8. The average Bonchev–Trinajstić information content (AvgIpc) is 3.33. The zero-order chi connectivity index (χ0) is 25.5. The molecule has 0 spiro atoms. The lowest BCUT2D eigenvalue weighted by Crippen LogP contribution is -2.43. The van der Waals surface area contributed by atoms with Gasteiger partial charge in [0.25, 0.3) is 0 Å². The Balaban J connectivity index is 1.43. The lowest BCUT2D eigenvalue weighted by molar-refractivity contribution is -0.132. The zero-order valence-corrected chi connectivity index (χ0v) is 21.5. The van der Waals surface area contributed by atoms with Crippen molar-refractivity contribution in [3.8, 4) is 5.69 Å². The Kier molecular flexibility index (Phi) is 8.72. The Labute approximate surface area is 212 Å². The van der Waals surface area contributed by atoms with Crippen LogP contribution < -0.4 is 0 Å². The minimum atomic E-state index is -0.379. The van der Waals surface area contributed by atoms with Crippen molar-refractivity contribution >= 4 is 22.9 Å². The number of ether oxygens (including phenoxy) is 2. The molecule has 0 unspecified atom stereocenters. The first-order chi connectivity index (χ1) is 17.5. The molecular weight excluding hydrogens is 456 g/mol. The number of rotatable bonds is 10. The number of carbonyl (C=O) groups excluding carboxylic acids is 2. The normalized spacial score (nSPS) is 14.8. The minimum absolute atomic E-state index is 0.221. The van der Waals surface area contributed by atoms with Crippen LogP contribution in [-0.4, -0.2) is 84.3 Å². The first kappa shape index (κ1) is 25.9. The smallest absolute Gasteiger partial charge is 0.338 e. The molecule has 1 aromatic heterocycles. The predicted octanol–water partition coefficient (Wildman–Crippen LogP) is 3.88. The summed E-state index contributed by atoms with van der Waals surface area (Å²) >= 11 is 0. The van der Waals surface area contributed by atoms with Gasteiger partial charge in [0.2, 0.25) is 5.91 Å². The van der Waals surface area contributed by atoms with E-state index in [-0.39, 0.29) is 18.5 Å². The molecule has 1 saturated heterocycles. The molecule has 8 heteroatoms. The number of methoxy groups -OCH3 is 1. The van der Waals surface area contributed by atoms with Crippen molar-refractivity contribution in [2.75, 3.05) is 53.0 Å². The first-order valence-electron chi connectivity index (χ1n) is 12.8. The summed E-state index contributed by atoms with van der Waals surface area (Å²) in [6.07, 6.45) is 3.87. The van der Waals surface area contributed by atoms with Gasteiger partial charge in [-0.05, 0) is 81.6 Å². The molecule has 2 heterocycles. The molecule has 2 aromatic carbocycles. The van der Waals surface area contributed by atoms with Crippen molar-refractivity contribution in [2.45, 2.75) is 32.6 Å². The number of aromatic nitrogens is 2. The van der Waals surface area contributed by atoms with Crippen molar-refractivity contribution in [2.24, 2.45) is 0 Å². The van der Waals surface area contributed by atoms with Crippen molar-refractivity contribution in [3.05, 3.63) is 59.9 Å². The summed E-state index contributed by atoms with van der Waals surface area (Å²) in [7, 11) is 1.57. The van der Waals surface area contributed by atoms with Crippen molar-refractivity contribution in [1.29, 1.82) is 0 Å². The predicted molar refractivity (Wildman–Crippen MR) is 140 cm³/mol. The Hall–Kier alpha value is -3.23. The molecule has 1 aliphatic rings. The summed E-state index contributed by atoms with van der Waals surface area (Å²) in [5.74, 6) is 0.308. The van der Waals surface area contributed by atoms with Crippen LogP contribution in [0.2, 0.25) is 0 Å². The molecule has 4 rings (SSSR count). The van der Waals surface area contributed by atoms with Crippen LogP contribution in [0.5, 0.6) is 0 Å². The van der Waals surface area contributed by atoms with Crippen LogP contribution in [0.25, 0.3) is 16.7 Å². The van der Waals surface area contributed by atoms with E-state index in [2.05, 4.69) is 38.7 Å². The van der Waals surface area contributed by atoms with Crippen LogP contribution >= 0.6 is 0 Å². The highest BCUT2D eigenvalue weighted by atomic mass is 16.6. The molecule has 0 radical (unpaired) electrons. The maximum absolute atomic E-state index is 12.5. The number of carbonyl (C=O) groups is 2. The van der Waals surface area contributed by atoms with E-state index in [1.165, 1.54) is 5.56 Å². The molecule has 36 heavy (non-hydrogen) atoms. The molecule has 8 nitrogen and oxygen atoms in total. The number of fused-ring (bicyclic) bond motifs is 1. The van der Waals surface area contributed by atoms with Crippen molar-refractivity contribution in [1.82, 2.24) is 19.4 Å². The van der Waals surface area contributed by atoms with Gasteiger partial charge in [0.05, 0.1) is 29.7 Å². The Morgan fingerprint density at radius 2 is 1.83 bits per heavy atom. The van der Waals surface area contributed by atoms with Gasteiger partial charge in [0.15, 0.2) is 0 Å². The van der Waals surface area contributed by atoms with Gasteiger partial charge in [-0.2, -0.15) is 0 Å². The number of hydrogen-bond acceptors (Lipinski definition) is 6. The number of imidazole rings is 1. The Morgan fingerprint density at radius 1 is 1.06 bits per heavy atom. The number of esters is 1. The highest BCUT2D eigenvalue weighted by molar-refractivity contribution is 5.94. The summed E-state index contributed by atoms with van der Waals surface area (Å²) in [5.41, 5.74) is 4.51. The second-order valence-corrected chi connectivity index (χ2v) is 9.16. The molecule has 1 aliphatic heterocycles. The molecule has 0 N–H and O–H groups in total. The number of likely N-dealkylation sites (N-methyl/N-ethyl adjacent to an activating group) is 1. The minimum Gasteiger partial charge on any atom is -0.460 e. The largest absolute Gasteiger partial charge is 0.460 e. The highest BCUT2D eigenvalue weighted by Crippen LogP contribution is 2.30. The molecule has 0 aliphatic carbocycles. The number of nitrogens with zero attached hydrogens (tertiary/aromatic N) is 4. The summed E-state index contributed by atoms with van der Waals surface area (Å²) in [6, 6.07) is 14.0. The summed E-state index contributed by atoms with van der Waals surface area (Å²) in [6.45, 7) is 8.55. The van der Waals surface area contributed by atoms with Gasteiger partial charge in [-0.15, -0.1) is 0 Å². The van der Waals surface area contributed by atoms with Crippen molar-refractivity contribution < 1.29 is 19.1 Å². The van der Waals surface area contributed by atoms with Crippen LogP contribution in [-0.2, 0) is 14.3 Å². The van der Waals surface area contributed by atoms with Gasteiger partial charge in [-0.25, -0.2) is 9.78 Å². The SMILES string of the molecule is CCN(CC)C(=O)CN1CCC(c2cccc(-n3cnc4cc(C(=O)OCCOC)ccc43)c2)CC1. The monoisotopic (exact) mass is 492 g/mol.